The average molecular weight is 250 g/mol. The van der Waals surface area contributed by atoms with Gasteiger partial charge in [0, 0.05) is 9.75 Å². The van der Waals surface area contributed by atoms with E-state index in [1.807, 2.05) is 6.92 Å². The van der Waals surface area contributed by atoms with Gasteiger partial charge in [0.25, 0.3) is 5.91 Å². The number of thiophene rings is 1. The number of hydrogen-bond donors (Lipinski definition) is 2. The summed E-state index contributed by atoms with van der Waals surface area (Å²) in [5.74, 6) is -0.213. The molecule has 2 aromatic rings. The molecule has 1 amide bonds. The Balaban J connectivity index is 2.09. The molecule has 0 fully saturated rings. The molecule has 5 nitrogen and oxygen atoms in total. The predicted octanol–water partition coefficient (Wildman–Crippen LogP) is 1.97. The van der Waals surface area contributed by atoms with Gasteiger partial charge in [0.2, 0.25) is 0 Å². The predicted molar refractivity (Wildman–Crippen MR) is 66.1 cm³/mol. The molecule has 0 aliphatic heterocycles. The molecule has 17 heavy (non-hydrogen) atoms. The van der Waals surface area contributed by atoms with E-state index in [0.29, 0.717) is 5.69 Å². The fourth-order valence-corrected chi connectivity index (χ4v) is 2.76. The highest BCUT2D eigenvalue weighted by molar-refractivity contribution is 7.12. The Morgan fingerprint density at radius 1 is 1.53 bits per heavy atom. The van der Waals surface area contributed by atoms with Crippen LogP contribution in [0.15, 0.2) is 12.3 Å². The molecule has 0 aliphatic rings. The van der Waals surface area contributed by atoms with Crippen LogP contribution in [0.25, 0.3) is 0 Å². The first-order valence-corrected chi connectivity index (χ1v) is 6.13. The molecular weight excluding hydrogens is 236 g/mol. The maximum atomic E-state index is 11.8. The number of H-pyrrole nitrogens is 1. The largest absolute Gasteiger partial charge is 0.344 e. The summed E-state index contributed by atoms with van der Waals surface area (Å²) >= 11 is 1.74. The third-order valence-corrected chi connectivity index (χ3v) is 3.52. The summed E-state index contributed by atoms with van der Waals surface area (Å²) in [5.41, 5.74) is 1.46. The maximum absolute atomic E-state index is 11.8. The summed E-state index contributed by atoms with van der Waals surface area (Å²) in [5, 5.41) is 12.7. The molecule has 0 aromatic carbocycles. The number of aromatic amines is 1. The lowest BCUT2D eigenvalue weighted by Crippen LogP contribution is -2.27. The van der Waals surface area contributed by atoms with Crippen molar-refractivity contribution in [1.82, 2.24) is 20.7 Å². The van der Waals surface area contributed by atoms with Gasteiger partial charge in [-0.15, -0.1) is 11.3 Å². The van der Waals surface area contributed by atoms with E-state index in [0.717, 1.165) is 5.56 Å². The van der Waals surface area contributed by atoms with Crippen molar-refractivity contribution in [2.75, 3.05) is 0 Å². The van der Waals surface area contributed by atoms with Crippen molar-refractivity contribution < 1.29 is 4.79 Å². The van der Waals surface area contributed by atoms with Crippen LogP contribution in [0.3, 0.4) is 0 Å². The van der Waals surface area contributed by atoms with Crippen molar-refractivity contribution >= 4 is 17.2 Å². The lowest BCUT2D eigenvalue weighted by Gasteiger charge is -2.12. The van der Waals surface area contributed by atoms with E-state index in [2.05, 4.69) is 40.6 Å². The fourth-order valence-electron chi connectivity index (χ4n) is 1.74. The summed E-state index contributed by atoms with van der Waals surface area (Å²) in [6.07, 6.45) is 1.41. The Labute approximate surface area is 103 Å². The van der Waals surface area contributed by atoms with Crippen molar-refractivity contribution in [3.8, 4) is 0 Å². The molecule has 0 bridgehead atoms. The molecule has 1 atom stereocenters. The number of aromatic nitrogens is 3. The number of aryl methyl sites for hydroxylation is 2. The van der Waals surface area contributed by atoms with Crippen LogP contribution in [0, 0.1) is 13.8 Å². The van der Waals surface area contributed by atoms with Crippen molar-refractivity contribution in [3.63, 3.8) is 0 Å². The third-order valence-electron chi connectivity index (χ3n) is 2.54. The Hall–Kier alpha value is -1.69. The third kappa shape index (κ3) is 2.52. The lowest BCUT2D eigenvalue weighted by atomic mass is 10.1. The van der Waals surface area contributed by atoms with Gasteiger partial charge in [0.1, 0.15) is 0 Å². The molecule has 0 spiro atoms. The molecule has 0 saturated heterocycles. The average Bonchev–Trinajstić information content (AvgIpc) is 2.87. The fraction of sp³-hybridized carbons (Fsp3) is 0.364. The van der Waals surface area contributed by atoms with Gasteiger partial charge in [-0.25, -0.2) is 0 Å². The van der Waals surface area contributed by atoms with Crippen molar-refractivity contribution in [2.45, 2.75) is 26.8 Å². The van der Waals surface area contributed by atoms with E-state index in [1.54, 1.807) is 11.3 Å². The van der Waals surface area contributed by atoms with Crippen LogP contribution in [0.4, 0.5) is 0 Å². The zero-order valence-corrected chi connectivity index (χ0v) is 10.8. The highest BCUT2D eigenvalue weighted by Gasteiger charge is 2.16. The van der Waals surface area contributed by atoms with Gasteiger partial charge in [-0.3, -0.25) is 4.79 Å². The lowest BCUT2D eigenvalue weighted by molar-refractivity contribution is 0.0935. The van der Waals surface area contributed by atoms with Gasteiger partial charge in [-0.05, 0) is 32.4 Å². The van der Waals surface area contributed by atoms with Crippen LogP contribution in [0.5, 0.6) is 0 Å². The quantitative estimate of drug-likeness (QED) is 0.875. The van der Waals surface area contributed by atoms with Crippen LogP contribution in [-0.2, 0) is 0 Å². The molecule has 2 aromatic heterocycles. The topological polar surface area (TPSA) is 70.7 Å². The second kappa shape index (κ2) is 4.67. The monoisotopic (exact) mass is 250 g/mol. The van der Waals surface area contributed by atoms with E-state index in [9.17, 15) is 4.79 Å². The van der Waals surface area contributed by atoms with Crippen LogP contribution in [-0.4, -0.2) is 21.3 Å². The first-order valence-electron chi connectivity index (χ1n) is 5.31. The van der Waals surface area contributed by atoms with Crippen LogP contribution < -0.4 is 5.32 Å². The van der Waals surface area contributed by atoms with Crippen molar-refractivity contribution in [3.05, 3.63) is 33.3 Å². The molecule has 1 unspecified atom stereocenters. The molecule has 2 N–H and O–H groups in total. The normalized spacial score (nSPS) is 12.4. The number of rotatable bonds is 3. The SMILES string of the molecule is Cc1cc(C(C)NC(=O)c2cn[nH]n2)c(C)s1. The summed E-state index contributed by atoms with van der Waals surface area (Å²) < 4.78 is 0. The van der Waals surface area contributed by atoms with Gasteiger partial charge in [-0.1, -0.05) is 0 Å². The molecule has 2 rings (SSSR count). The van der Waals surface area contributed by atoms with Gasteiger partial charge in [0.15, 0.2) is 5.69 Å². The number of nitrogens with zero attached hydrogens (tertiary/aromatic N) is 2. The van der Waals surface area contributed by atoms with Gasteiger partial charge < -0.3 is 5.32 Å². The summed E-state index contributed by atoms with van der Waals surface area (Å²) in [7, 11) is 0. The maximum Gasteiger partial charge on any atom is 0.273 e. The Morgan fingerprint density at radius 2 is 2.29 bits per heavy atom. The van der Waals surface area contributed by atoms with Crippen LogP contribution >= 0.6 is 11.3 Å². The van der Waals surface area contributed by atoms with Crippen LogP contribution in [0.1, 0.15) is 38.8 Å². The number of hydrogen-bond acceptors (Lipinski definition) is 4. The van der Waals surface area contributed by atoms with E-state index in [1.165, 1.54) is 16.0 Å². The minimum absolute atomic E-state index is 0.0239. The zero-order valence-electron chi connectivity index (χ0n) is 9.94. The molecule has 90 valence electrons. The molecule has 0 radical (unpaired) electrons. The first-order chi connectivity index (χ1) is 8.08. The highest BCUT2D eigenvalue weighted by atomic mass is 32.1. The smallest absolute Gasteiger partial charge is 0.273 e. The van der Waals surface area contributed by atoms with Gasteiger partial charge >= 0.3 is 0 Å². The zero-order chi connectivity index (χ0) is 12.4. The van der Waals surface area contributed by atoms with E-state index < -0.39 is 0 Å². The van der Waals surface area contributed by atoms with E-state index >= 15 is 0 Å². The molecule has 0 aliphatic carbocycles. The minimum Gasteiger partial charge on any atom is -0.344 e. The number of carbonyl (C=O) groups excluding carboxylic acids is 1. The van der Waals surface area contributed by atoms with Crippen LogP contribution in [0.2, 0.25) is 0 Å². The van der Waals surface area contributed by atoms with Gasteiger partial charge in [-0.2, -0.15) is 15.4 Å². The number of nitrogens with one attached hydrogen (secondary N) is 2. The molecule has 0 saturated carbocycles. The van der Waals surface area contributed by atoms with Gasteiger partial charge in [0.05, 0.1) is 12.2 Å². The van der Waals surface area contributed by atoms with Crippen molar-refractivity contribution in [1.29, 1.82) is 0 Å². The standard InChI is InChI=1S/C11H14N4OS/c1-6-4-9(8(3)17-6)7(2)13-11(16)10-5-12-15-14-10/h4-5,7H,1-3H3,(H,13,16)(H,12,14,15). The Bertz CT molecular complexity index is 518. The molecule has 2 heterocycles. The second-order valence-electron chi connectivity index (χ2n) is 3.92. The Morgan fingerprint density at radius 3 is 2.82 bits per heavy atom. The Kier molecular flexibility index (Phi) is 3.23. The summed E-state index contributed by atoms with van der Waals surface area (Å²) in [6.45, 7) is 6.09. The molecule has 6 heteroatoms. The first kappa shape index (κ1) is 11.8. The highest BCUT2D eigenvalue weighted by Crippen LogP contribution is 2.26. The number of amides is 1. The van der Waals surface area contributed by atoms with E-state index in [-0.39, 0.29) is 11.9 Å². The number of carbonyl (C=O) groups is 1. The summed E-state index contributed by atoms with van der Waals surface area (Å²) in [6, 6.07) is 2.08. The molecular formula is C11H14N4OS. The van der Waals surface area contributed by atoms with Crippen molar-refractivity contribution in [2.24, 2.45) is 0 Å². The summed E-state index contributed by atoms with van der Waals surface area (Å²) in [4.78, 5) is 14.3. The van der Waals surface area contributed by atoms with E-state index in [4.69, 9.17) is 0 Å². The second-order valence-corrected chi connectivity index (χ2v) is 5.38. The minimum atomic E-state index is -0.213.